The summed E-state index contributed by atoms with van der Waals surface area (Å²) in [7, 11) is 4.70. The van der Waals surface area contributed by atoms with Gasteiger partial charge in [0.2, 0.25) is 0 Å². The van der Waals surface area contributed by atoms with Gasteiger partial charge in [0.25, 0.3) is 5.91 Å². The van der Waals surface area contributed by atoms with E-state index in [1.54, 1.807) is 56.3 Å². The first-order chi connectivity index (χ1) is 18.3. The second-order valence-corrected chi connectivity index (χ2v) is 9.20. The topological polar surface area (TPSA) is 114 Å². The van der Waals surface area contributed by atoms with Crippen molar-refractivity contribution in [3.05, 3.63) is 59.2 Å². The molecule has 2 unspecified atom stereocenters. The molecule has 3 heterocycles. The van der Waals surface area contributed by atoms with Crippen LogP contribution in [0.5, 0.6) is 11.5 Å². The summed E-state index contributed by atoms with van der Waals surface area (Å²) in [4.78, 5) is 44.6. The molecular formula is C27H34N4O7. The zero-order valence-electron chi connectivity index (χ0n) is 22.4. The minimum atomic E-state index is -0.744. The molecule has 38 heavy (non-hydrogen) atoms. The zero-order valence-corrected chi connectivity index (χ0v) is 22.4. The van der Waals surface area contributed by atoms with Crippen molar-refractivity contribution < 1.29 is 33.0 Å². The molecule has 3 amide bonds. The number of likely N-dealkylation sites (N-methyl/N-ethyl adjacent to an activating group) is 1. The molecule has 0 spiro atoms. The van der Waals surface area contributed by atoms with Gasteiger partial charge in [0, 0.05) is 45.0 Å². The van der Waals surface area contributed by atoms with Gasteiger partial charge in [-0.1, -0.05) is 6.07 Å². The molecule has 204 valence electrons. The molecule has 11 heteroatoms. The van der Waals surface area contributed by atoms with Crippen molar-refractivity contribution >= 4 is 17.9 Å². The van der Waals surface area contributed by atoms with Crippen LogP contribution in [0.1, 0.15) is 36.0 Å². The highest BCUT2D eigenvalue weighted by molar-refractivity contribution is 5.95. The minimum absolute atomic E-state index is 0.0997. The Morgan fingerprint density at radius 2 is 1.89 bits per heavy atom. The fourth-order valence-electron chi connectivity index (χ4n) is 4.91. The lowest BCUT2D eigenvalue weighted by Crippen LogP contribution is -2.56. The summed E-state index contributed by atoms with van der Waals surface area (Å²) in [6.45, 7) is 5.83. The summed E-state index contributed by atoms with van der Waals surface area (Å²) in [5, 5.41) is 2.92. The van der Waals surface area contributed by atoms with Crippen LogP contribution in [0.2, 0.25) is 0 Å². The summed E-state index contributed by atoms with van der Waals surface area (Å²) in [5.41, 5.74) is 1.56. The van der Waals surface area contributed by atoms with Crippen LogP contribution >= 0.6 is 0 Å². The maximum Gasteiger partial charge on any atom is 0.338 e. The number of furan rings is 1. The molecule has 2 aliphatic heterocycles. The molecule has 1 N–H and O–H groups in total. The number of rotatable bonds is 8. The van der Waals surface area contributed by atoms with Gasteiger partial charge in [0.1, 0.15) is 0 Å². The van der Waals surface area contributed by atoms with Crippen LogP contribution in [-0.2, 0) is 9.53 Å². The van der Waals surface area contributed by atoms with Crippen molar-refractivity contribution in [1.82, 2.24) is 20.0 Å². The SMILES string of the molecule is CCOC(=O)C1=C(CN2CCN(C(=O)c3ccco3)C(C)C2)N(C)C(=O)NC1c1ccc(OC)c(OC)c1. The molecule has 11 nitrogen and oxygen atoms in total. The number of nitrogens with one attached hydrogen (secondary N) is 1. The van der Waals surface area contributed by atoms with Crippen LogP contribution in [0.3, 0.4) is 0 Å². The number of hydrogen-bond acceptors (Lipinski definition) is 8. The van der Waals surface area contributed by atoms with Crippen LogP contribution in [0.4, 0.5) is 4.79 Å². The monoisotopic (exact) mass is 526 g/mol. The fraction of sp³-hybridized carbons (Fsp3) is 0.444. The second-order valence-electron chi connectivity index (χ2n) is 9.20. The van der Waals surface area contributed by atoms with Crippen molar-refractivity contribution in [2.75, 3.05) is 54.1 Å². The van der Waals surface area contributed by atoms with Gasteiger partial charge in [-0.3, -0.25) is 14.6 Å². The van der Waals surface area contributed by atoms with E-state index in [9.17, 15) is 14.4 Å². The third-order valence-electron chi connectivity index (χ3n) is 6.89. The highest BCUT2D eigenvalue weighted by Crippen LogP contribution is 2.36. The molecule has 2 aromatic rings. The number of carbonyl (C=O) groups excluding carboxylic acids is 3. The van der Waals surface area contributed by atoms with Gasteiger partial charge in [-0.05, 0) is 43.7 Å². The van der Waals surface area contributed by atoms with Crippen LogP contribution in [0.15, 0.2) is 52.3 Å². The molecule has 2 atom stereocenters. The van der Waals surface area contributed by atoms with E-state index in [-0.39, 0.29) is 24.6 Å². The van der Waals surface area contributed by atoms with Gasteiger partial charge >= 0.3 is 12.0 Å². The van der Waals surface area contributed by atoms with E-state index in [0.717, 1.165) is 0 Å². The fourth-order valence-corrected chi connectivity index (χ4v) is 4.91. The van der Waals surface area contributed by atoms with Gasteiger partial charge in [0.05, 0.1) is 38.7 Å². The second kappa shape index (κ2) is 11.6. The molecule has 1 fully saturated rings. The van der Waals surface area contributed by atoms with E-state index >= 15 is 0 Å². The van der Waals surface area contributed by atoms with E-state index < -0.39 is 12.0 Å². The quantitative estimate of drug-likeness (QED) is 0.523. The average molecular weight is 527 g/mol. The lowest BCUT2D eigenvalue weighted by molar-refractivity contribution is -0.139. The number of piperazine rings is 1. The Morgan fingerprint density at radius 1 is 1.13 bits per heavy atom. The van der Waals surface area contributed by atoms with Gasteiger partial charge in [-0.15, -0.1) is 0 Å². The lowest BCUT2D eigenvalue weighted by Gasteiger charge is -2.42. The standard InChI is InChI=1S/C27H34N4O7/c1-6-37-26(33)23-19(16-30-11-12-31(17(2)15-30)25(32)21-8-7-13-38-21)29(3)27(34)28-24(23)18-9-10-20(35-4)22(14-18)36-5/h7-10,13-14,17,24H,6,11-12,15-16H2,1-5H3,(H,28,34). The molecular weight excluding hydrogens is 492 g/mol. The molecule has 1 aromatic carbocycles. The molecule has 0 saturated carbocycles. The zero-order chi connectivity index (χ0) is 27.4. The highest BCUT2D eigenvalue weighted by Gasteiger charge is 2.39. The maximum atomic E-state index is 13.3. The minimum Gasteiger partial charge on any atom is -0.493 e. The molecule has 0 bridgehead atoms. The summed E-state index contributed by atoms with van der Waals surface area (Å²) < 4.78 is 21.5. The predicted molar refractivity (Wildman–Crippen MR) is 138 cm³/mol. The molecule has 0 aliphatic carbocycles. The first-order valence-corrected chi connectivity index (χ1v) is 12.5. The van der Waals surface area contributed by atoms with Crippen molar-refractivity contribution in [2.45, 2.75) is 25.9 Å². The average Bonchev–Trinajstić information content (AvgIpc) is 3.46. The number of benzene rings is 1. The van der Waals surface area contributed by atoms with Gasteiger partial charge in [0.15, 0.2) is 17.3 Å². The summed E-state index contributed by atoms with van der Waals surface area (Å²) in [6.07, 6.45) is 1.48. The molecule has 2 aliphatic rings. The van der Waals surface area contributed by atoms with Crippen molar-refractivity contribution in [1.29, 1.82) is 0 Å². The Kier molecular flexibility index (Phi) is 8.26. The first kappa shape index (κ1) is 27.1. The lowest BCUT2D eigenvalue weighted by atomic mass is 9.93. The maximum absolute atomic E-state index is 13.3. The summed E-state index contributed by atoms with van der Waals surface area (Å²) >= 11 is 0. The van der Waals surface area contributed by atoms with E-state index in [1.165, 1.54) is 18.3 Å². The van der Waals surface area contributed by atoms with E-state index in [0.29, 0.717) is 60.3 Å². The number of methoxy groups -OCH3 is 2. The number of nitrogens with zero attached hydrogens (tertiary/aromatic N) is 3. The van der Waals surface area contributed by atoms with E-state index in [4.69, 9.17) is 18.6 Å². The van der Waals surface area contributed by atoms with Crippen LogP contribution in [0, 0.1) is 0 Å². The Bertz CT molecular complexity index is 1210. The van der Waals surface area contributed by atoms with Crippen LogP contribution in [0.25, 0.3) is 0 Å². The molecule has 1 saturated heterocycles. The van der Waals surface area contributed by atoms with Crippen molar-refractivity contribution in [3.63, 3.8) is 0 Å². The smallest absolute Gasteiger partial charge is 0.338 e. The van der Waals surface area contributed by atoms with Crippen molar-refractivity contribution in [2.24, 2.45) is 0 Å². The normalized spacial score (nSPS) is 20.3. The molecule has 1 aromatic heterocycles. The Morgan fingerprint density at radius 3 is 2.53 bits per heavy atom. The number of urea groups is 1. The number of hydrogen-bond donors (Lipinski definition) is 1. The number of ether oxygens (including phenoxy) is 3. The Hall–Kier alpha value is -3.99. The van der Waals surface area contributed by atoms with Crippen molar-refractivity contribution in [3.8, 4) is 11.5 Å². The van der Waals surface area contributed by atoms with Gasteiger partial charge in [-0.25, -0.2) is 9.59 Å². The predicted octanol–water partition coefficient (Wildman–Crippen LogP) is 2.66. The third kappa shape index (κ3) is 5.33. The summed E-state index contributed by atoms with van der Waals surface area (Å²) in [5.74, 6) is 0.659. The van der Waals surface area contributed by atoms with E-state index in [1.807, 2.05) is 6.92 Å². The largest absolute Gasteiger partial charge is 0.493 e. The van der Waals surface area contributed by atoms with Gasteiger partial charge in [-0.2, -0.15) is 0 Å². The van der Waals surface area contributed by atoms with E-state index in [2.05, 4.69) is 10.2 Å². The molecule has 0 radical (unpaired) electrons. The van der Waals surface area contributed by atoms with Gasteiger partial charge < -0.3 is 28.8 Å². The highest BCUT2D eigenvalue weighted by atomic mass is 16.5. The number of esters is 1. The number of carbonyl (C=O) groups is 3. The third-order valence-corrected chi connectivity index (χ3v) is 6.89. The molecule has 4 rings (SSSR count). The Labute approximate surface area is 221 Å². The number of amides is 3. The summed E-state index contributed by atoms with van der Waals surface area (Å²) in [6, 6.07) is 7.43. The van der Waals surface area contributed by atoms with Crippen LogP contribution in [-0.4, -0.2) is 92.7 Å². The van der Waals surface area contributed by atoms with Crippen LogP contribution < -0.4 is 14.8 Å². The Balaban J connectivity index is 1.65. The first-order valence-electron chi connectivity index (χ1n) is 12.5.